The topological polar surface area (TPSA) is 73.8 Å². The van der Waals surface area contributed by atoms with E-state index >= 15 is 0 Å². The lowest BCUT2D eigenvalue weighted by atomic mass is 9.85. The molecule has 0 radical (unpaired) electrons. The van der Waals surface area contributed by atoms with Crippen molar-refractivity contribution in [2.45, 2.75) is 25.5 Å². The molecule has 1 saturated heterocycles. The molecule has 8 heteroatoms. The Morgan fingerprint density at radius 1 is 1.27 bits per heavy atom. The van der Waals surface area contributed by atoms with Crippen LogP contribution in [-0.2, 0) is 9.59 Å². The molecule has 2 N–H and O–H groups in total. The van der Waals surface area contributed by atoms with Crippen LogP contribution in [0.3, 0.4) is 0 Å². The van der Waals surface area contributed by atoms with Crippen molar-refractivity contribution in [2.75, 3.05) is 32.4 Å². The molecule has 1 heterocycles. The third kappa shape index (κ3) is 4.21. The van der Waals surface area contributed by atoms with Crippen LogP contribution >= 0.6 is 35.7 Å². The number of thioether (sulfide) groups is 1. The first-order valence-corrected chi connectivity index (χ1v) is 10.4. The third-order valence-corrected chi connectivity index (χ3v) is 6.40. The standard InChI is InChI=1S/C18H28N4O2S.HI/c1-4-19-18(21-10-11(2)25-3)20-7-8-22-16(23)14-12-5-6-13(9-12)15(14)17(22)24;/h5-6,11-15H,4,7-10H2,1-3H3,(H2,19,20,21);1H. The molecule has 0 aromatic rings. The molecule has 2 amide bonds. The quantitative estimate of drug-likeness (QED) is 0.186. The van der Waals surface area contributed by atoms with Gasteiger partial charge in [-0.05, 0) is 31.4 Å². The molecule has 6 nitrogen and oxygen atoms in total. The maximum absolute atomic E-state index is 12.6. The van der Waals surface area contributed by atoms with E-state index in [0.29, 0.717) is 18.3 Å². The second kappa shape index (κ2) is 9.43. The maximum Gasteiger partial charge on any atom is 0.233 e. The molecule has 146 valence electrons. The largest absolute Gasteiger partial charge is 0.357 e. The molecule has 5 atom stereocenters. The van der Waals surface area contributed by atoms with Gasteiger partial charge >= 0.3 is 0 Å². The first-order chi connectivity index (χ1) is 12.1. The Hall–Kier alpha value is -0.770. The lowest BCUT2D eigenvalue weighted by Crippen LogP contribution is -2.44. The minimum Gasteiger partial charge on any atom is -0.357 e. The van der Waals surface area contributed by atoms with Gasteiger partial charge in [-0.3, -0.25) is 19.5 Å². The number of rotatable bonds is 7. The van der Waals surface area contributed by atoms with Gasteiger partial charge in [-0.25, -0.2) is 0 Å². The van der Waals surface area contributed by atoms with Gasteiger partial charge in [0.1, 0.15) is 0 Å². The van der Waals surface area contributed by atoms with Crippen LogP contribution in [0.4, 0.5) is 0 Å². The molecule has 0 aromatic heterocycles. The van der Waals surface area contributed by atoms with E-state index in [9.17, 15) is 9.59 Å². The summed E-state index contributed by atoms with van der Waals surface area (Å²) >= 11 is 1.78. The summed E-state index contributed by atoms with van der Waals surface area (Å²) in [4.78, 5) is 31.3. The highest BCUT2D eigenvalue weighted by Gasteiger charge is 2.58. The Morgan fingerprint density at radius 2 is 1.88 bits per heavy atom. The summed E-state index contributed by atoms with van der Waals surface area (Å²) < 4.78 is 0. The van der Waals surface area contributed by atoms with Crippen LogP contribution in [0.2, 0.25) is 0 Å². The zero-order valence-corrected chi connectivity index (χ0v) is 18.8. The average Bonchev–Trinajstić information content (AvgIpc) is 3.28. The van der Waals surface area contributed by atoms with Gasteiger partial charge in [0.2, 0.25) is 11.8 Å². The molecule has 3 rings (SSSR count). The van der Waals surface area contributed by atoms with E-state index in [0.717, 1.165) is 25.5 Å². The van der Waals surface area contributed by atoms with E-state index in [1.807, 2.05) is 6.92 Å². The van der Waals surface area contributed by atoms with E-state index in [1.54, 1.807) is 11.8 Å². The summed E-state index contributed by atoms with van der Waals surface area (Å²) in [5.74, 6) is 1.12. The molecule has 1 saturated carbocycles. The normalized spacial score (nSPS) is 30.4. The van der Waals surface area contributed by atoms with Gasteiger partial charge in [0.05, 0.1) is 18.4 Å². The number of aliphatic imine (C=N–C) groups is 1. The first kappa shape index (κ1) is 21.5. The van der Waals surface area contributed by atoms with Crippen LogP contribution in [0.5, 0.6) is 0 Å². The number of guanidine groups is 1. The van der Waals surface area contributed by atoms with Crippen LogP contribution < -0.4 is 10.6 Å². The predicted octanol–water partition coefficient (Wildman–Crippen LogP) is 1.72. The Labute approximate surface area is 177 Å². The number of imide groups is 1. The highest BCUT2D eigenvalue weighted by Crippen LogP contribution is 2.52. The molecule has 2 bridgehead atoms. The van der Waals surface area contributed by atoms with Crippen molar-refractivity contribution < 1.29 is 9.59 Å². The number of carbonyl (C=O) groups is 2. The lowest BCUT2D eigenvalue weighted by Gasteiger charge is -2.19. The number of hydrogen-bond donors (Lipinski definition) is 2. The minimum atomic E-state index is -0.105. The molecule has 0 aromatic carbocycles. The summed E-state index contributed by atoms with van der Waals surface area (Å²) in [6.45, 7) is 6.61. The Bertz CT molecular complexity index is 568. The summed E-state index contributed by atoms with van der Waals surface area (Å²) in [6.07, 6.45) is 7.30. The van der Waals surface area contributed by atoms with Gasteiger partial charge in [0.25, 0.3) is 0 Å². The molecule has 5 unspecified atom stereocenters. The number of carbonyl (C=O) groups excluding carboxylic acids is 2. The Morgan fingerprint density at radius 3 is 2.42 bits per heavy atom. The number of hydrogen-bond acceptors (Lipinski definition) is 4. The number of allylic oxidation sites excluding steroid dienone is 2. The van der Waals surface area contributed by atoms with E-state index in [-0.39, 0.29) is 59.5 Å². The number of nitrogens with one attached hydrogen (secondary N) is 2. The van der Waals surface area contributed by atoms with Crippen LogP contribution in [0.25, 0.3) is 0 Å². The molecule has 26 heavy (non-hydrogen) atoms. The van der Waals surface area contributed by atoms with E-state index in [4.69, 9.17) is 0 Å². The molecular formula is C18H29IN4O2S. The highest BCUT2D eigenvalue weighted by atomic mass is 127. The lowest BCUT2D eigenvalue weighted by molar-refractivity contribution is -0.140. The zero-order valence-electron chi connectivity index (χ0n) is 15.6. The Kier molecular flexibility index (Phi) is 7.81. The van der Waals surface area contributed by atoms with Crippen molar-refractivity contribution in [3.63, 3.8) is 0 Å². The van der Waals surface area contributed by atoms with Crippen molar-refractivity contribution in [2.24, 2.45) is 28.7 Å². The van der Waals surface area contributed by atoms with Gasteiger partial charge in [-0.15, -0.1) is 24.0 Å². The highest BCUT2D eigenvalue weighted by molar-refractivity contribution is 14.0. The smallest absolute Gasteiger partial charge is 0.233 e. The van der Waals surface area contributed by atoms with Gasteiger partial charge in [0, 0.05) is 24.9 Å². The fourth-order valence-corrected chi connectivity index (χ4v) is 4.33. The average molecular weight is 492 g/mol. The fourth-order valence-electron chi connectivity index (χ4n) is 4.11. The second-order valence-corrected chi connectivity index (χ2v) is 8.30. The summed E-state index contributed by atoms with van der Waals surface area (Å²) in [6, 6.07) is 0. The van der Waals surface area contributed by atoms with Gasteiger partial charge in [-0.1, -0.05) is 19.1 Å². The SMILES string of the molecule is CCNC(=NCC(C)SC)NCCN1C(=O)C2C3C=CC(C3)C2C1=O.I. The van der Waals surface area contributed by atoms with Crippen LogP contribution in [-0.4, -0.2) is 60.4 Å². The fraction of sp³-hybridized carbons (Fsp3) is 0.722. The van der Waals surface area contributed by atoms with Gasteiger partial charge in [-0.2, -0.15) is 11.8 Å². The minimum absolute atomic E-state index is 0. The van der Waals surface area contributed by atoms with E-state index in [2.05, 4.69) is 41.0 Å². The van der Waals surface area contributed by atoms with Crippen molar-refractivity contribution in [1.29, 1.82) is 0 Å². The zero-order chi connectivity index (χ0) is 18.0. The number of amides is 2. The van der Waals surface area contributed by atoms with Crippen LogP contribution in [0, 0.1) is 23.7 Å². The molecular weight excluding hydrogens is 463 g/mol. The van der Waals surface area contributed by atoms with Crippen LogP contribution in [0.15, 0.2) is 17.1 Å². The molecule has 2 aliphatic carbocycles. The molecule has 2 fully saturated rings. The van der Waals surface area contributed by atoms with Gasteiger partial charge in [0.15, 0.2) is 5.96 Å². The van der Waals surface area contributed by atoms with Crippen molar-refractivity contribution in [3.8, 4) is 0 Å². The number of fused-ring (bicyclic) bond motifs is 5. The Balaban J connectivity index is 0.00000243. The monoisotopic (exact) mass is 492 g/mol. The van der Waals surface area contributed by atoms with Gasteiger partial charge < -0.3 is 10.6 Å². The molecule has 3 aliphatic rings. The second-order valence-electron chi connectivity index (χ2n) is 7.02. The van der Waals surface area contributed by atoms with E-state index in [1.165, 1.54) is 4.90 Å². The van der Waals surface area contributed by atoms with Crippen molar-refractivity contribution >= 4 is 53.5 Å². The predicted molar refractivity (Wildman–Crippen MR) is 117 cm³/mol. The van der Waals surface area contributed by atoms with Crippen molar-refractivity contribution in [3.05, 3.63) is 12.2 Å². The third-order valence-electron chi connectivity index (χ3n) is 5.44. The number of likely N-dealkylation sites (tertiary alicyclic amines) is 1. The molecule has 0 spiro atoms. The van der Waals surface area contributed by atoms with Crippen LogP contribution in [0.1, 0.15) is 20.3 Å². The summed E-state index contributed by atoms with van der Waals surface area (Å²) in [5, 5.41) is 6.90. The number of nitrogens with zero attached hydrogens (tertiary/aromatic N) is 2. The van der Waals surface area contributed by atoms with E-state index < -0.39 is 0 Å². The maximum atomic E-state index is 12.6. The van der Waals surface area contributed by atoms with Crippen molar-refractivity contribution in [1.82, 2.24) is 15.5 Å². The summed E-state index contributed by atoms with van der Waals surface area (Å²) in [5.41, 5.74) is 0. The number of halogens is 1. The molecule has 1 aliphatic heterocycles. The first-order valence-electron chi connectivity index (χ1n) is 9.15. The summed E-state index contributed by atoms with van der Waals surface area (Å²) in [7, 11) is 0.